The van der Waals surface area contributed by atoms with Gasteiger partial charge in [-0.2, -0.15) is 0 Å². The van der Waals surface area contributed by atoms with Crippen molar-refractivity contribution in [2.75, 3.05) is 13.2 Å². The zero-order chi connectivity index (χ0) is 12.4. The van der Waals surface area contributed by atoms with Crippen molar-refractivity contribution in [1.29, 1.82) is 0 Å². The van der Waals surface area contributed by atoms with Crippen molar-refractivity contribution >= 4 is 8.07 Å². The average Bonchev–Trinajstić information content (AvgIpc) is 2.42. The smallest absolute Gasteiger partial charge is 0.0613 e. The van der Waals surface area contributed by atoms with Gasteiger partial charge < -0.3 is 10.1 Å². The summed E-state index contributed by atoms with van der Waals surface area (Å²) in [5.41, 5.74) is 0.398. The highest BCUT2D eigenvalue weighted by Gasteiger charge is 2.43. The van der Waals surface area contributed by atoms with Gasteiger partial charge in [0.2, 0.25) is 0 Å². The maximum absolute atomic E-state index is 5.83. The molecule has 0 spiro atoms. The Morgan fingerprint density at radius 3 is 2.38 bits per heavy atom. The Bertz CT molecular complexity index is 224. The standard InChI is InChI=1S/C13H29NOSi/c1-11(2)14-9-13(10-16(4,5)6)7-8-15-12(13)3/h11-12,14H,7-10H2,1-6H3. The van der Waals surface area contributed by atoms with Crippen molar-refractivity contribution in [2.24, 2.45) is 5.41 Å². The monoisotopic (exact) mass is 243 g/mol. The summed E-state index contributed by atoms with van der Waals surface area (Å²) in [5, 5.41) is 3.62. The van der Waals surface area contributed by atoms with Crippen molar-refractivity contribution < 1.29 is 4.74 Å². The van der Waals surface area contributed by atoms with E-state index in [1.165, 1.54) is 12.5 Å². The quantitative estimate of drug-likeness (QED) is 0.749. The van der Waals surface area contributed by atoms with E-state index in [1.807, 2.05) is 0 Å². The summed E-state index contributed by atoms with van der Waals surface area (Å²) in [7, 11) is -1.03. The van der Waals surface area contributed by atoms with Gasteiger partial charge in [0.05, 0.1) is 6.10 Å². The Kier molecular flexibility index (Phi) is 4.61. The predicted molar refractivity (Wildman–Crippen MR) is 73.8 cm³/mol. The molecular weight excluding hydrogens is 214 g/mol. The molecule has 1 rings (SSSR count). The summed E-state index contributed by atoms with van der Waals surface area (Å²) >= 11 is 0. The van der Waals surface area contributed by atoms with Crippen LogP contribution in [0.2, 0.25) is 25.7 Å². The molecule has 2 nitrogen and oxygen atoms in total. The third kappa shape index (κ3) is 3.86. The minimum absolute atomic E-state index is 0.398. The van der Waals surface area contributed by atoms with Crippen LogP contribution in [0.25, 0.3) is 0 Å². The fourth-order valence-corrected chi connectivity index (χ4v) is 5.51. The summed E-state index contributed by atoms with van der Waals surface area (Å²) in [4.78, 5) is 0. The first-order chi connectivity index (χ1) is 7.25. The van der Waals surface area contributed by atoms with E-state index in [-0.39, 0.29) is 0 Å². The van der Waals surface area contributed by atoms with Gasteiger partial charge in [0, 0.05) is 32.7 Å². The molecule has 0 aliphatic carbocycles. The van der Waals surface area contributed by atoms with E-state index in [0.717, 1.165) is 13.2 Å². The first-order valence-electron chi connectivity index (χ1n) is 6.60. The molecule has 1 aliphatic rings. The van der Waals surface area contributed by atoms with Crippen molar-refractivity contribution in [1.82, 2.24) is 5.32 Å². The maximum Gasteiger partial charge on any atom is 0.0613 e. The van der Waals surface area contributed by atoms with Gasteiger partial charge in [0.15, 0.2) is 0 Å². The van der Waals surface area contributed by atoms with E-state index in [1.54, 1.807) is 0 Å². The van der Waals surface area contributed by atoms with Gasteiger partial charge in [-0.15, -0.1) is 0 Å². The number of hydrogen-bond donors (Lipinski definition) is 1. The van der Waals surface area contributed by atoms with Crippen LogP contribution in [0.4, 0.5) is 0 Å². The van der Waals surface area contributed by atoms with E-state index in [2.05, 4.69) is 45.7 Å². The van der Waals surface area contributed by atoms with Crippen LogP contribution >= 0.6 is 0 Å². The van der Waals surface area contributed by atoms with Crippen LogP contribution < -0.4 is 5.32 Å². The third-order valence-corrected chi connectivity index (χ3v) is 5.34. The SMILES string of the molecule is CC(C)NCC1(C[Si](C)(C)C)CCOC1C. The normalized spacial score (nSPS) is 31.3. The lowest BCUT2D eigenvalue weighted by atomic mass is 9.83. The molecule has 0 aromatic carbocycles. The van der Waals surface area contributed by atoms with Crippen molar-refractivity contribution in [2.45, 2.75) is 65.0 Å². The molecule has 0 radical (unpaired) electrons. The Morgan fingerprint density at radius 2 is 2.00 bits per heavy atom. The van der Waals surface area contributed by atoms with Crippen LogP contribution in [0.15, 0.2) is 0 Å². The summed E-state index contributed by atoms with van der Waals surface area (Å²) in [6, 6.07) is 1.95. The highest BCUT2D eigenvalue weighted by molar-refractivity contribution is 6.76. The Labute approximate surface area is 102 Å². The fourth-order valence-electron chi connectivity index (χ4n) is 2.81. The summed E-state index contributed by atoms with van der Waals surface area (Å²) in [6.45, 7) is 16.2. The molecule has 2 atom stereocenters. The van der Waals surface area contributed by atoms with Gasteiger partial charge in [-0.1, -0.05) is 33.5 Å². The predicted octanol–water partition coefficient (Wildman–Crippen LogP) is 3.12. The molecule has 0 saturated carbocycles. The largest absolute Gasteiger partial charge is 0.378 e. The number of rotatable bonds is 5. The second kappa shape index (κ2) is 5.19. The average molecular weight is 243 g/mol. The lowest BCUT2D eigenvalue weighted by Crippen LogP contribution is -2.46. The highest BCUT2D eigenvalue weighted by atomic mass is 28.3. The van der Waals surface area contributed by atoms with Crippen molar-refractivity contribution in [3.8, 4) is 0 Å². The summed E-state index contributed by atoms with van der Waals surface area (Å²) in [5.74, 6) is 0. The second-order valence-electron chi connectivity index (χ2n) is 6.90. The van der Waals surface area contributed by atoms with Crippen molar-refractivity contribution in [3.63, 3.8) is 0 Å². The van der Waals surface area contributed by atoms with E-state index in [0.29, 0.717) is 17.6 Å². The minimum atomic E-state index is -1.03. The topological polar surface area (TPSA) is 21.3 Å². The van der Waals surface area contributed by atoms with Crippen molar-refractivity contribution in [3.05, 3.63) is 0 Å². The fraction of sp³-hybridized carbons (Fsp3) is 1.00. The Balaban J connectivity index is 2.69. The minimum Gasteiger partial charge on any atom is -0.378 e. The van der Waals surface area contributed by atoms with Gasteiger partial charge in [-0.25, -0.2) is 0 Å². The first kappa shape index (κ1) is 14.2. The zero-order valence-corrected chi connectivity index (χ0v) is 12.9. The summed E-state index contributed by atoms with van der Waals surface area (Å²) in [6.07, 6.45) is 1.66. The lowest BCUT2D eigenvalue weighted by molar-refractivity contribution is 0.0702. The number of ether oxygens (including phenoxy) is 1. The van der Waals surface area contributed by atoms with Crippen LogP contribution in [0.5, 0.6) is 0 Å². The van der Waals surface area contributed by atoms with Crippen LogP contribution in [0, 0.1) is 5.41 Å². The molecule has 1 saturated heterocycles. The Hall–Kier alpha value is 0.137. The molecule has 96 valence electrons. The molecule has 0 aromatic heterocycles. The lowest BCUT2D eigenvalue weighted by Gasteiger charge is -2.38. The van der Waals surface area contributed by atoms with Crippen LogP contribution in [-0.4, -0.2) is 33.4 Å². The third-order valence-electron chi connectivity index (χ3n) is 3.57. The zero-order valence-electron chi connectivity index (χ0n) is 11.9. The highest BCUT2D eigenvalue weighted by Crippen LogP contribution is 2.41. The van der Waals surface area contributed by atoms with E-state index in [4.69, 9.17) is 4.74 Å². The Morgan fingerprint density at radius 1 is 1.38 bits per heavy atom. The molecule has 3 heteroatoms. The number of hydrogen-bond acceptors (Lipinski definition) is 2. The molecule has 16 heavy (non-hydrogen) atoms. The van der Waals surface area contributed by atoms with E-state index >= 15 is 0 Å². The molecular formula is C13H29NOSi. The molecule has 1 N–H and O–H groups in total. The van der Waals surface area contributed by atoms with Gasteiger partial charge in [0.1, 0.15) is 0 Å². The van der Waals surface area contributed by atoms with Gasteiger partial charge in [-0.3, -0.25) is 0 Å². The molecule has 1 heterocycles. The maximum atomic E-state index is 5.83. The molecule has 0 bridgehead atoms. The molecule has 0 aromatic rings. The van der Waals surface area contributed by atoms with Gasteiger partial charge in [0.25, 0.3) is 0 Å². The van der Waals surface area contributed by atoms with E-state index < -0.39 is 8.07 Å². The molecule has 1 fully saturated rings. The van der Waals surface area contributed by atoms with Gasteiger partial charge in [-0.05, 0) is 19.4 Å². The van der Waals surface area contributed by atoms with Crippen LogP contribution in [0.1, 0.15) is 27.2 Å². The van der Waals surface area contributed by atoms with Crippen LogP contribution in [0.3, 0.4) is 0 Å². The van der Waals surface area contributed by atoms with Crippen LogP contribution in [-0.2, 0) is 4.74 Å². The molecule has 0 amide bonds. The number of nitrogens with one attached hydrogen (secondary N) is 1. The van der Waals surface area contributed by atoms with E-state index in [9.17, 15) is 0 Å². The molecule has 2 unspecified atom stereocenters. The second-order valence-corrected chi connectivity index (χ2v) is 12.4. The molecule has 1 aliphatic heterocycles. The summed E-state index contributed by atoms with van der Waals surface area (Å²) < 4.78 is 5.83. The van der Waals surface area contributed by atoms with Gasteiger partial charge >= 0.3 is 0 Å². The first-order valence-corrected chi connectivity index (χ1v) is 10.3.